The summed E-state index contributed by atoms with van der Waals surface area (Å²) in [6, 6.07) is 6.87. The molecule has 0 aliphatic heterocycles. The average Bonchev–Trinajstić information content (AvgIpc) is 3.18. The highest BCUT2D eigenvalue weighted by Crippen LogP contribution is 2.45. The van der Waals surface area contributed by atoms with E-state index >= 15 is 0 Å². The molecule has 0 heterocycles. The fourth-order valence-electron chi connectivity index (χ4n) is 5.87. The number of rotatable bonds is 12. The van der Waals surface area contributed by atoms with Gasteiger partial charge in [0.25, 0.3) is 0 Å². The minimum Gasteiger partial charge on any atom is -0.496 e. The number of benzene rings is 1. The molecule has 0 radical (unpaired) electrons. The van der Waals surface area contributed by atoms with Gasteiger partial charge in [-0.1, -0.05) is 31.9 Å². The highest BCUT2D eigenvalue weighted by Gasteiger charge is 2.44. The minimum absolute atomic E-state index is 0.00341. The van der Waals surface area contributed by atoms with Gasteiger partial charge in [-0.3, -0.25) is 19.2 Å². The van der Waals surface area contributed by atoms with Gasteiger partial charge in [0, 0.05) is 19.0 Å². The quantitative estimate of drug-likeness (QED) is 0.261. The molecule has 3 rings (SSSR count). The zero-order chi connectivity index (χ0) is 30.5. The molecule has 1 amide bonds. The zero-order valence-corrected chi connectivity index (χ0v) is 24.8. The van der Waals surface area contributed by atoms with Crippen LogP contribution in [0, 0.1) is 19.3 Å². The molecule has 0 saturated carbocycles. The average molecular weight is 568 g/mol. The van der Waals surface area contributed by atoms with Crippen molar-refractivity contribution >= 4 is 17.8 Å². The van der Waals surface area contributed by atoms with Gasteiger partial charge >= 0.3 is 11.9 Å². The molecule has 1 atom stereocenters. The van der Waals surface area contributed by atoms with E-state index in [0.717, 1.165) is 39.1 Å². The molecular formula is C32H41NO8. The molecule has 1 aliphatic rings. The maximum absolute atomic E-state index is 13.4. The van der Waals surface area contributed by atoms with Gasteiger partial charge in [-0.2, -0.15) is 0 Å². The zero-order valence-electron chi connectivity index (χ0n) is 24.8. The first-order valence-corrected chi connectivity index (χ1v) is 14.1. The van der Waals surface area contributed by atoms with E-state index in [-0.39, 0.29) is 42.4 Å². The van der Waals surface area contributed by atoms with Crippen molar-refractivity contribution in [3.63, 3.8) is 0 Å². The third-order valence-electron chi connectivity index (χ3n) is 8.63. The van der Waals surface area contributed by atoms with E-state index < -0.39 is 17.4 Å². The predicted molar refractivity (Wildman–Crippen MR) is 156 cm³/mol. The molecule has 0 saturated heterocycles. The number of carboxylic acids is 2. The van der Waals surface area contributed by atoms with Crippen LogP contribution in [0.5, 0.6) is 11.5 Å². The highest BCUT2D eigenvalue weighted by molar-refractivity contribution is 5.98. The number of ether oxygens (including phenoxy) is 2. The highest BCUT2D eigenvalue weighted by atomic mass is 16.5. The first-order chi connectivity index (χ1) is 19.4. The van der Waals surface area contributed by atoms with Crippen molar-refractivity contribution in [1.82, 2.24) is 4.90 Å². The van der Waals surface area contributed by atoms with Crippen LogP contribution in [0.3, 0.4) is 0 Å². The van der Waals surface area contributed by atoms with Crippen LogP contribution in [-0.2, 0) is 20.8 Å². The predicted octanol–water partition coefficient (Wildman–Crippen LogP) is 5.31. The van der Waals surface area contributed by atoms with Crippen molar-refractivity contribution in [3.05, 3.63) is 56.7 Å². The smallest absolute Gasteiger partial charge is 0.321 e. The lowest BCUT2D eigenvalue weighted by molar-refractivity contribution is -0.165. The number of carbonyl (C=O) groups excluding carboxylic acids is 1. The van der Waals surface area contributed by atoms with Gasteiger partial charge in [0.1, 0.15) is 5.75 Å². The van der Waals surface area contributed by atoms with Crippen LogP contribution in [0.1, 0.15) is 80.2 Å². The molecule has 0 spiro atoms. The number of methoxy groups -OCH3 is 2. The molecule has 41 heavy (non-hydrogen) atoms. The maximum Gasteiger partial charge on any atom is 0.321 e. The van der Waals surface area contributed by atoms with E-state index in [4.69, 9.17) is 9.47 Å². The Hall–Kier alpha value is -3.88. The Morgan fingerprint density at radius 1 is 1.02 bits per heavy atom. The number of unbranched alkanes of at least 4 members (excludes halogenated alkanes) is 2. The largest absolute Gasteiger partial charge is 0.496 e. The van der Waals surface area contributed by atoms with Gasteiger partial charge in [-0.15, -0.1) is 0 Å². The summed E-state index contributed by atoms with van der Waals surface area (Å²) < 4.78 is 11.2. The van der Waals surface area contributed by atoms with Crippen molar-refractivity contribution in [2.75, 3.05) is 21.3 Å². The van der Waals surface area contributed by atoms with Gasteiger partial charge in [-0.25, -0.2) is 0 Å². The van der Waals surface area contributed by atoms with Gasteiger partial charge in [0.2, 0.25) is 11.3 Å². The van der Waals surface area contributed by atoms with Gasteiger partial charge in [0.05, 0.1) is 20.3 Å². The van der Waals surface area contributed by atoms with Crippen molar-refractivity contribution < 1.29 is 34.1 Å². The number of hydrogen-bond acceptors (Lipinski definition) is 6. The summed E-state index contributed by atoms with van der Waals surface area (Å²) >= 11 is 0. The van der Waals surface area contributed by atoms with E-state index in [1.165, 1.54) is 7.11 Å². The molecule has 0 bridgehead atoms. The molecule has 2 N–H and O–H groups in total. The molecule has 9 heteroatoms. The second-order valence-corrected chi connectivity index (χ2v) is 10.8. The minimum atomic E-state index is -1.80. The Balaban J connectivity index is 1.88. The summed E-state index contributed by atoms with van der Waals surface area (Å²) in [5, 5.41) is 19.0. The number of amides is 1. The number of carboxylic acid groups (broad SMARTS) is 2. The number of fused-ring (bicyclic) bond motifs is 3. The lowest BCUT2D eigenvalue weighted by Crippen LogP contribution is -2.38. The summed E-state index contributed by atoms with van der Waals surface area (Å²) in [5.41, 5.74) is 3.59. The van der Waals surface area contributed by atoms with Gasteiger partial charge < -0.3 is 24.6 Å². The monoisotopic (exact) mass is 567 g/mol. The van der Waals surface area contributed by atoms with E-state index in [2.05, 4.69) is 6.07 Å². The second kappa shape index (κ2) is 13.2. The van der Waals surface area contributed by atoms with Crippen molar-refractivity contribution in [1.29, 1.82) is 0 Å². The first kappa shape index (κ1) is 31.6. The second-order valence-electron chi connectivity index (χ2n) is 10.8. The molecule has 2 aromatic carbocycles. The molecule has 0 aromatic heterocycles. The maximum atomic E-state index is 13.4. The molecule has 2 aromatic rings. The van der Waals surface area contributed by atoms with Crippen LogP contribution < -0.4 is 14.9 Å². The Labute approximate surface area is 241 Å². The molecular weight excluding hydrogens is 526 g/mol. The van der Waals surface area contributed by atoms with E-state index in [1.807, 2.05) is 19.9 Å². The van der Waals surface area contributed by atoms with Crippen molar-refractivity contribution in [2.24, 2.45) is 5.41 Å². The number of nitrogens with zero attached hydrogens (tertiary/aromatic N) is 1. The Morgan fingerprint density at radius 2 is 1.71 bits per heavy atom. The SMILES string of the molecule is CCC(CCCCCC(=O)N(C)[C@H]1CCc2cc(C)c(C)c(OC)c2-c2ccc(OC)c(=O)cc21)(C(=O)O)C(=O)O. The van der Waals surface area contributed by atoms with Crippen LogP contribution in [0.25, 0.3) is 11.1 Å². The summed E-state index contributed by atoms with van der Waals surface area (Å²) in [6.45, 7) is 5.61. The Morgan fingerprint density at radius 3 is 2.29 bits per heavy atom. The normalized spacial score (nSPS) is 14.3. The van der Waals surface area contributed by atoms with E-state index in [0.29, 0.717) is 32.1 Å². The third-order valence-corrected chi connectivity index (χ3v) is 8.63. The molecule has 222 valence electrons. The summed E-state index contributed by atoms with van der Waals surface area (Å²) in [4.78, 5) is 51.4. The number of hydrogen-bond donors (Lipinski definition) is 2. The lowest BCUT2D eigenvalue weighted by atomic mass is 9.80. The standard InChI is InChI=1S/C32H41NO8/c1-7-32(30(36)37,31(38)39)16-10-8-9-11-27(35)33(4)24-14-12-21-17-19(2)20(3)29(41-6)28(21)22-13-15-26(40-5)25(34)18-23(22)24/h13,15,17-18,24H,7-12,14,16H2,1-6H3,(H,36,37)(H,38,39)/t24-/m0/s1. The number of aryl methyl sites for hydroxylation is 2. The Bertz CT molecular complexity index is 1370. The fraction of sp³-hybridized carbons (Fsp3) is 0.500. The summed E-state index contributed by atoms with van der Waals surface area (Å²) in [5.74, 6) is -1.81. The number of aliphatic carboxylic acids is 2. The van der Waals surface area contributed by atoms with Crippen molar-refractivity contribution in [3.8, 4) is 22.6 Å². The van der Waals surface area contributed by atoms with Crippen LogP contribution in [0.4, 0.5) is 0 Å². The van der Waals surface area contributed by atoms with E-state index in [1.54, 1.807) is 38.1 Å². The molecule has 1 aliphatic carbocycles. The van der Waals surface area contributed by atoms with Gasteiger partial charge in [-0.05, 0) is 85.9 Å². The van der Waals surface area contributed by atoms with Crippen LogP contribution >= 0.6 is 0 Å². The van der Waals surface area contributed by atoms with Crippen LogP contribution in [0.2, 0.25) is 0 Å². The lowest BCUT2D eigenvalue weighted by Gasteiger charge is -2.28. The molecule has 9 nitrogen and oxygen atoms in total. The third kappa shape index (κ3) is 6.24. The van der Waals surface area contributed by atoms with Crippen LogP contribution in [-0.4, -0.2) is 54.2 Å². The van der Waals surface area contributed by atoms with Crippen LogP contribution in [0.15, 0.2) is 29.1 Å². The molecule has 0 unspecified atom stereocenters. The van der Waals surface area contributed by atoms with Crippen molar-refractivity contribution in [2.45, 2.75) is 78.2 Å². The summed E-state index contributed by atoms with van der Waals surface area (Å²) in [6.07, 6.45) is 2.94. The summed E-state index contributed by atoms with van der Waals surface area (Å²) in [7, 11) is 4.83. The first-order valence-electron chi connectivity index (χ1n) is 14.1. The number of carbonyl (C=O) groups is 3. The Kier molecular flexibility index (Phi) is 10.2. The van der Waals surface area contributed by atoms with E-state index in [9.17, 15) is 29.4 Å². The fourth-order valence-corrected chi connectivity index (χ4v) is 5.87. The molecule has 0 fully saturated rings. The van der Waals surface area contributed by atoms with Gasteiger partial charge in [0.15, 0.2) is 11.2 Å². The topological polar surface area (TPSA) is 130 Å².